The minimum absolute atomic E-state index is 0.182. The van der Waals surface area contributed by atoms with Crippen molar-refractivity contribution in [3.05, 3.63) is 47.9 Å². The zero-order chi connectivity index (χ0) is 19.9. The lowest BCUT2D eigenvalue weighted by atomic mass is 10.1. The van der Waals surface area contributed by atoms with Gasteiger partial charge in [-0.1, -0.05) is 6.07 Å². The molecular weight excluding hydrogens is 380 g/mol. The third kappa shape index (κ3) is 5.01. The molecule has 0 fully saturated rings. The van der Waals surface area contributed by atoms with Crippen LogP contribution in [-0.4, -0.2) is 43.1 Å². The normalized spacial score (nSPS) is 14.8. The molecule has 1 aromatic heterocycles. The number of carbonyl (C=O) groups excluding carboxylic acids is 2. The molecule has 0 saturated carbocycles. The zero-order valence-corrected chi connectivity index (χ0v) is 16.7. The molecule has 1 aliphatic heterocycles. The standard InChI is InChI=1S/C20H24N2O5S/c1-13(14-5-6-16-18(12-14)27-10-9-26-16)21-19(23)15(7-11-28-2)22-20(24)17-4-3-8-25-17/h3-6,8,12-13,15H,7,9-11H2,1-2H3,(H,21,23)(H,22,24)/t13-,15+/m0/s1. The van der Waals surface area contributed by atoms with E-state index in [1.165, 1.54) is 6.26 Å². The number of carbonyl (C=O) groups is 2. The van der Waals surface area contributed by atoms with Gasteiger partial charge in [0.15, 0.2) is 17.3 Å². The van der Waals surface area contributed by atoms with Crippen LogP contribution in [0, 0.1) is 0 Å². The van der Waals surface area contributed by atoms with Gasteiger partial charge in [-0.05, 0) is 55.2 Å². The lowest BCUT2D eigenvalue weighted by Gasteiger charge is -2.23. The van der Waals surface area contributed by atoms with E-state index in [4.69, 9.17) is 13.9 Å². The van der Waals surface area contributed by atoms with Crippen molar-refractivity contribution in [2.24, 2.45) is 0 Å². The molecule has 2 aromatic rings. The highest BCUT2D eigenvalue weighted by atomic mass is 32.2. The van der Waals surface area contributed by atoms with Crippen molar-refractivity contribution in [2.45, 2.75) is 25.4 Å². The highest BCUT2D eigenvalue weighted by molar-refractivity contribution is 7.98. The average Bonchev–Trinajstić information content (AvgIpc) is 3.25. The molecular formula is C20H24N2O5S. The molecule has 0 spiro atoms. The fraction of sp³-hybridized carbons (Fsp3) is 0.400. The van der Waals surface area contributed by atoms with Gasteiger partial charge in [-0.3, -0.25) is 9.59 Å². The first-order chi connectivity index (χ1) is 13.6. The van der Waals surface area contributed by atoms with Gasteiger partial charge in [-0.15, -0.1) is 0 Å². The Morgan fingerprint density at radius 3 is 2.64 bits per heavy atom. The number of ether oxygens (including phenoxy) is 2. The van der Waals surface area contributed by atoms with Crippen LogP contribution < -0.4 is 20.1 Å². The first-order valence-corrected chi connectivity index (χ1v) is 10.5. The van der Waals surface area contributed by atoms with Crippen LogP contribution in [0.5, 0.6) is 11.5 Å². The predicted octanol–water partition coefficient (Wildman–Crippen LogP) is 2.78. The van der Waals surface area contributed by atoms with E-state index in [1.54, 1.807) is 23.9 Å². The summed E-state index contributed by atoms with van der Waals surface area (Å²) in [7, 11) is 0. The van der Waals surface area contributed by atoms with Gasteiger partial charge in [0.25, 0.3) is 5.91 Å². The molecule has 28 heavy (non-hydrogen) atoms. The number of rotatable bonds is 8. The Kier molecular flexibility index (Phi) is 6.86. The second-order valence-electron chi connectivity index (χ2n) is 6.42. The van der Waals surface area contributed by atoms with Crippen molar-refractivity contribution in [2.75, 3.05) is 25.2 Å². The topological polar surface area (TPSA) is 89.8 Å². The Balaban J connectivity index is 1.65. The molecule has 0 radical (unpaired) electrons. The number of hydrogen-bond donors (Lipinski definition) is 2. The highest BCUT2D eigenvalue weighted by Crippen LogP contribution is 2.32. The van der Waals surface area contributed by atoms with Crippen LogP contribution in [0.3, 0.4) is 0 Å². The summed E-state index contributed by atoms with van der Waals surface area (Å²) in [5.41, 5.74) is 0.901. The van der Waals surface area contributed by atoms with Gasteiger partial charge in [0, 0.05) is 0 Å². The number of furan rings is 1. The van der Waals surface area contributed by atoms with Crippen LogP contribution in [0.15, 0.2) is 41.0 Å². The van der Waals surface area contributed by atoms with Crippen molar-refractivity contribution in [1.29, 1.82) is 0 Å². The van der Waals surface area contributed by atoms with Crippen molar-refractivity contribution in [3.8, 4) is 11.5 Å². The summed E-state index contributed by atoms with van der Waals surface area (Å²) in [6.45, 7) is 2.93. The summed E-state index contributed by atoms with van der Waals surface area (Å²) >= 11 is 1.62. The van der Waals surface area contributed by atoms with Crippen LogP contribution in [0.4, 0.5) is 0 Å². The average molecular weight is 404 g/mol. The van der Waals surface area contributed by atoms with Crippen molar-refractivity contribution >= 4 is 23.6 Å². The summed E-state index contributed by atoms with van der Waals surface area (Å²) in [4.78, 5) is 25.1. The van der Waals surface area contributed by atoms with E-state index in [2.05, 4.69) is 10.6 Å². The maximum atomic E-state index is 12.8. The largest absolute Gasteiger partial charge is 0.486 e. The quantitative estimate of drug-likeness (QED) is 0.703. The summed E-state index contributed by atoms with van der Waals surface area (Å²) in [5.74, 6) is 1.66. The molecule has 150 valence electrons. The zero-order valence-electron chi connectivity index (χ0n) is 15.9. The van der Waals surface area contributed by atoms with Crippen LogP contribution in [0.2, 0.25) is 0 Å². The molecule has 2 amide bonds. The third-order valence-corrected chi connectivity index (χ3v) is 5.05. The van der Waals surface area contributed by atoms with E-state index < -0.39 is 11.9 Å². The molecule has 2 N–H and O–H groups in total. The molecule has 3 rings (SSSR count). The Labute approximate surface area is 168 Å². The molecule has 0 aliphatic carbocycles. The molecule has 2 atom stereocenters. The molecule has 1 aromatic carbocycles. The second-order valence-corrected chi connectivity index (χ2v) is 7.40. The van der Waals surface area contributed by atoms with Crippen LogP contribution in [-0.2, 0) is 4.79 Å². The molecule has 1 aliphatic rings. The molecule has 7 nitrogen and oxygen atoms in total. The van der Waals surface area contributed by atoms with E-state index in [0.717, 1.165) is 11.3 Å². The van der Waals surface area contributed by atoms with Gasteiger partial charge in [-0.2, -0.15) is 11.8 Å². The van der Waals surface area contributed by atoms with Crippen molar-refractivity contribution in [3.63, 3.8) is 0 Å². The van der Waals surface area contributed by atoms with Gasteiger partial charge in [0.1, 0.15) is 19.3 Å². The van der Waals surface area contributed by atoms with E-state index in [-0.39, 0.29) is 17.7 Å². The fourth-order valence-corrected chi connectivity index (χ4v) is 3.34. The number of thioether (sulfide) groups is 1. The van der Waals surface area contributed by atoms with Gasteiger partial charge < -0.3 is 24.5 Å². The van der Waals surface area contributed by atoms with Gasteiger partial charge in [-0.25, -0.2) is 0 Å². The number of fused-ring (bicyclic) bond motifs is 1. The SMILES string of the molecule is CSCC[C@@H](NC(=O)c1ccco1)C(=O)N[C@@H](C)c1ccc2c(c1)OCCO2. The number of amides is 2. The maximum absolute atomic E-state index is 12.8. The number of nitrogens with one attached hydrogen (secondary N) is 2. The lowest BCUT2D eigenvalue weighted by Crippen LogP contribution is -2.47. The first kappa shape index (κ1) is 20.1. The van der Waals surface area contributed by atoms with Crippen molar-refractivity contribution < 1.29 is 23.5 Å². The summed E-state index contributed by atoms with van der Waals surface area (Å²) in [5, 5.41) is 5.73. The van der Waals surface area contributed by atoms with Crippen LogP contribution >= 0.6 is 11.8 Å². The highest BCUT2D eigenvalue weighted by Gasteiger charge is 2.24. The monoisotopic (exact) mass is 404 g/mol. The molecule has 0 bridgehead atoms. The Bertz CT molecular complexity index is 809. The first-order valence-electron chi connectivity index (χ1n) is 9.11. The molecule has 8 heteroatoms. The van der Waals surface area contributed by atoms with E-state index in [0.29, 0.717) is 31.1 Å². The Hall–Kier alpha value is -2.61. The maximum Gasteiger partial charge on any atom is 0.287 e. The molecule has 2 heterocycles. The summed E-state index contributed by atoms with van der Waals surface area (Å²) < 4.78 is 16.2. The van der Waals surface area contributed by atoms with Crippen LogP contribution in [0.25, 0.3) is 0 Å². The Morgan fingerprint density at radius 1 is 1.14 bits per heavy atom. The molecule has 0 unspecified atom stereocenters. The number of hydrogen-bond acceptors (Lipinski definition) is 6. The number of benzene rings is 1. The Morgan fingerprint density at radius 2 is 1.93 bits per heavy atom. The van der Waals surface area contributed by atoms with E-state index >= 15 is 0 Å². The van der Waals surface area contributed by atoms with Gasteiger partial charge in [0.2, 0.25) is 5.91 Å². The van der Waals surface area contributed by atoms with E-state index in [9.17, 15) is 9.59 Å². The second kappa shape index (κ2) is 9.54. The van der Waals surface area contributed by atoms with Gasteiger partial charge >= 0.3 is 0 Å². The molecule has 0 saturated heterocycles. The van der Waals surface area contributed by atoms with Gasteiger partial charge in [0.05, 0.1) is 12.3 Å². The smallest absolute Gasteiger partial charge is 0.287 e. The van der Waals surface area contributed by atoms with Crippen molar-refractivity contribution in [1.82, 2.24) is 10.6 Å². The fourth-order valence-electron chi connectivity index (χ4n) is 2.87. The summed E-state index contributed by atoms with van der Waals surface area (Å²) in [6, 6.07) is 7.92. The minimum Gasteiger partial charge on any atom is -0.486 e. The third-order valence-electron chi connectivity index (χ3n) is 4.40. The van der Waals surface area contributed by atoms with E-state index in [1.807, 2.05) is 31.4 Å². The minimum atomic E-state index is -0.648. The predicted molar refractivity (Wildman–Crippen MR) is 107 cm³/mol. The van der Waals surface area contributed by atoms with Crippen LogP contribution in [0.1, 0.15) is 35.5 Å². The summed E-state index contributed by atoms with van der Waals surface area (Å²) in [6.07, 6.45) is 3.91. The lowest BCUT2D eigenvalue weighted by molar-refractivity contribution is -0.123.